The van der Waals surface area contributed by atoms with Crippen molar-refractivity contribution in [2.24, 2.45) is 0 Å². The summed E-state index contributed by atoms with van der Waals surface area (Å²) in [4.78, 5) is 4.10. The van der Waals surface area contributed by atoms with Crippen molar-refractivity contribution in [1.29, 1.82) is 0 Å². The molecule has 1 atom stereocenters. The summed E-state index contributed by atoms with van der Waals surface area (Å²) in [5.74, 6) is -0.364. The number of halogens is 3. The van der Waals surface area contributed by atoms with Crippen molar-refractivity contribution in [2.75, 3.05) is 0 Å². The Balaban J connectivity index is 2.23. The zero-order valence-electron chi connectivity index (χ0n) is 9.81. The van der Waals surface area contributed by atoms with Crippen LogP contribution in [-0.4, -0.2) is 16.5 Å². The molecule has 102 valence electrons. The van der Waals surface area contributed by atoms with Crippen LogP contribution in [0.5, 0.6) is 5.75 Å². The van der Waals surface area contributed by atoms with Crippen LogP contribution in [0.4, 0.5) is 13.2 Å². The zero-order valence-corrected chi connectivity index (χ0v) is 10.6. The summed E-state index contributed by atoms with van der Waals surface area (Å²) in [6.45, 7) is 1.77. The van der Waals surface area contributed by atoms with Gasteiger partial charge in [0.1, 0.15) is 16.9 Å². The third kappa shape index (κ3) is 3.68. The fourth-order valence-corrected chi connectivity index (χ4v) is 2.33. The number of aromatic nitrogens is 1. The van der Waals surface area contributed by atoms with Gasteiger partial charge >= 0.3 is 6.36 Å². The van der Waals surface area contributed by atoms with Gasteiger partial charge in [-0.25, -0.2) is 4.98 Å². The van der Waals surface area contributed by atoms with Gasteiger partial charge in [0.25, 0.3) is 0 Å². The Hall–Kier alpha value is -1.60. The Labute approximate surface area is 111 Å². The molecule has 0 aliphatic rings. The number of aliphatic hydroxyl groups excluding tert-OH is 1. The first-order valence-electron chi connectivity index (χ1n) is 5.31. The summed E-state index contributed by atoms with van der Waals surface area (Å²) in [6, 6.07) is 5.23. The number of nitrogens with zero attached hydrogens (tertiary/aromatic N) is 1. The first kappa shape index (κ1) is 13.8. The van der Waals surface area contributed by atoms with Gasteiger partial charge in [-0.2, -0.15) is 0 Å². The van der Waals surface area contributed by atoms with Crippen LogP contribution in [0, 0.1) is 6.92 Å². The number of aliphatic hydroxyl groups is 1. The number of hydrogen-bond donors (Lipinski definition) is 1. The summed E-state index contributed by atoms with van der Waals surface area (Å²) in [6.07, 6.45) is -5.81. The largest absolute Gasteiger partial charge is 0.573 e. The Morgan fingerprint density at radius 3 is 2.68 bits per heavy atom. The number of alkyl halides is 3. The standard InChI is InChI=1S/C12H10F3NO2S/c1-7-6-19-11(16-7)10(17)8-3-2-4-9(5-8)18-12(13,14)15/h2-6,10,17H,1H3. The van der Waals surface area contributed by atoms with E-state index in [0.717, 1.165) is 11.8 Å². The zero-order chi connectivity index (χ0) is 14.0. The minimum absolute atomic E-state index is 0.302. The van der Waals surface area contributed by atoms with Crippen molar-refractivity contribution in [2.45, 2.75) is 19.4 Å². The molecule has 7 heteroatoms. The van der Waals surface area contributed by atoms with Crippen molar-refractivity contribution in [3.05, 3.63) is 45.9 Å². The molecule has 1 unspecified atom stereocenters. The van der Waals surface area contributed by atoms with Gasteiger partial charge < -0.3 is 9.84 Å². The van der Waals surface area contributed by atoms with E-state index in [1.54, 1.807) is 12.3 Å². The van der Waals surface area contributed by atoms with E-state index in [-0.39, 0.29) is 5.75 Å². The lowest BCUT2D eigenvalue weighted by Crippen LogP contribution is -2.17. The minimum atomic E-state index is -4.75. The molecule has 2 aromatic rings. The molecule has 1 aromatic heterocycles. The highest BCUT2D eigenvalue weighted by atomic mass is 32.1. The molecule has 1 aromatic carbocycles. The van der Waals surface area contributed by atoms with Crippen LogP contribution in [0.15, 0.2) is 29.6 Å². The number of rotatable bonds is 3. The van der Waals surface area contributed by atoms with Crippen LogP contribution in [0.25, 0.3) is 0 Å². The van der Waals surface area contributed by atoms with Gasteiger partial charge in [0.2, 0.25) is 0 Å². The predicted molar refractivity (Wildman–Crippen MR) is 64.0 cm³/mol. The fourth-order valence-electron chi connectivity index (χ4n) is 1.52. The van der Waals surface area contributed by atoms with Gasteiger partial charge in [0.05, 0.1) is 0 Å². The van der Waals surface area contributed by atoms with Crippen LogP contribution in [-0.2, 0) is 0 Å². The average Bonchev–Trinajstić information content (AvgIpc) is 2.73. The van der Waals surface area contributed by atoms with E-state index in [4.69, 9.17) is 0 Å². The number of hydrogen-bond acceptors (Lipinski definition) is 4. The van der Waals surface area contributed by atoms with Gasteiger partial charge in [0.15, 0.2) is 0 Å². The van der Waals surface area contributed by atoms with Crippen molar-refractivity contribution in [1.82, 2.24) is 4.98 Å². The average molecular weight is 289 g/mol. The lowest BCUT2D eigenvalue weighted by molar-refractivity contribution is -0.274. The Morgan fingerprint density at radius 1 is 1.37 bits per heavy atom. The molecule has 0 bridgehead atoms. The Kier molecular flexibility index (Phi) is 3.77. The topological polar surface area (TPSA) is 42.4 Å². The quantitative estimate of drug-likeness (QED) is 0.941. The molecule has 0 aliphatic heterocycles. The van der Waals surface area contributed by atoms with E-state index < -0.39 is 12.5 Å². The highest BCUT2D eigenvalue weighted by Crippen LogP contribution is 2.29. The smallest absolute Gasteiger partial charge is 0.406 e. The maximum atomic E-state index is 12.1. The molecule has 3 nitrogen and oxygen atoms in total. The molecule has 1 heterocycles. The Bertz CT molecular complexity index is 568. The highest BCUT2D eigenvalue weighted by molar-refractivity contribution is 7.09. The molecule has 0 saturated carbocycles. The van der Waals surface area contributed by atoms with E-state index in [0.29, 0.717) is 10.6 Å². The van der Waals surface area contributed by atoms with E-state index in [9.17, 15) is 18.3 Å². The summed E-state index contributed by atoms with van der Waals surface area (Å²) in [5.41, 5.74) is 1.05. The second kappa shape index (κ2) is 5.18. The van der Waals surface area contributed by atoms with E-state index >= 15 is 0 Å². The molecular formula is C12H10F3NO2S. The maximum absolute atomic E-state index is 12.1. The van der Waals surface area contributed by atoms with Crippen molar-refractivity contribution >= 4 is 11.3 Å². The maximum Gasteiger partial charge on any atom is 0.573 e. The van der Waals surface area contributed by atoms with Crippen LogP contribution in [0.3, 0.4) is 0 Å². The second-order valence-electron chi connectivity index (χ2n) is 3.85. The third-order valence-electron chi connectivity index (χ3n) is 2.28. The summed E-state index contributed by atoms with van der Waals surface area (Å²) < 4.78 is 40.1. The first-order chi connectivity index (χ1) is 8.85. The molecule has 0 fully saturated rings. The fraction of sp³-hybridized carbons (Fsp3) is 0.250. The molecule has 2 rings (SSSR count). The van der Waals surface area contributed by atoms with Crippen LogP contribution in [0.2, 0.25) is 0 Å². The summed E-state index contributed by atoms with van der Waals surface area (Å²) in [7, 11) is 0. The molecule has 0 aliphatic carbocycles. The number of aryl methyl sites for hydroxylation is 1. The van der Waals surface area contributed by atoms with Crippen LogP contribution < -0.4 is 4.74 Å². The molecule has 0 saturated heterocycles. The van der Waals surface area contributed by atoms with Gasteiger partial charge in [-0.1, -0.05) is 12.1 Å². The molecule has 19 heavy (non-hydrogen) atoms. The summed E-state index contributed by atoms with van der Waals surface area (Å²) in [5, 5.41) is 12.2. The number of thiazole rings is 1. The lowest BCUT2D eigenvalue weighted by atomic mass is 10.1. The Morgan fingerprint density at radius 2 is 2.11 bits per heavy atom. The van der Waals surface area contributed by atoms with E-state index in [1.165, 1.54) is 29.5 Å². The first-order valence-corrected chi connectivity index (χ1v) is 6.19. The highest BCUT2D eigenvalue weighted by Gasteiger charge is 2.31. The van der Waals surface area contributed by atoms with Gasteiger partial charge in [-0.3, -0.25) is 0 Å². The second-order valence-corrected chi connectivity index (χ2v) is 4.74. The van der Waals surface area contributed by atoms with E-state index in [2.05, 4.69) is 9.72 Å². The summed E-state index contributed by atoms with van der Waals surface area (Å²) >= 11 is 1.25. The van der Waals surface area contributed by atoms with Crippen LogP contribution >= 0.6 is 11.3 Å². The molecular weight excluding hydrogens is 279 g/mol. The number of ether oxygens (including phenoxy) is 1. The third-order valence-corrected chi connectivity index (χ3v) is 3.29. The van der Waals surface area contributed by atoms with Crippen molar-refractivity contribution < 1.29 is 23.0 Å². The normalized spacial score (nSPS) is 13.3. The predicted octanol–water partition coefficient (Wildman–Crippen LogP) is 3.43. The van der Waals surface area contributed by atoms with Gasteiger partial charge in [-0.05, 0) is 24.6 Å². The van der Waals surface area contributed by atoms with Gasteiger partial charge in [-0.15, -0.1) is 24.5 Å². The molecule has 0 amide bonds. The number of benzene rings is 1. The molecule has 0 spiro atoms. The SMILES string of the molecule is Cc1csc(C(O)c2cccc(OC(F)(F)F)c2)n1. The van der Waals surface area contributed by atoms with Crippen LogP contribution in [0.1, 0.15) is 22.4 Å². The van der Waals surface area contributed by atoms with Crippen molar-refractivity contribution in [3.63, 3.8) is 0 Å². The molecule has 0 radical (unpaired) electrons. The minimum Gasteiger partial charge on any atom is -0.406 e. The van der Waals surface area contributed by atoms with E-state index in [1.807, 2.05) is 0 Å². The lowest BCUT2D eigenvalue weighted by Gasteiger charge is -2.12. The van der Waals surface area contributed by atoms with Crippen molar-refractivity contribution in [3.8, 4) is 5.75 Å². The van der Waals surface area contributed by atoms with Gasteiger partial charge in [0, 0.05) is 11.1 Å². The monoisotopic (exact) mass is 289 g/mol. The molecule has 1 N–H and O–H groups in total.